The summed E-state index contributed by atoms with van der Waals surface area (Å²) in [7, 11) is 0. The molecule has 0 aromatic heterocycles. The Morgan fingerprint density at radius 1 is 0.609 bits per heavy atom. The minimum Gasteiger partial charge on any atom is -0.395 e. The van der Waals surface area contributed by atoms with Crippen LogP contribution in [-0.2, 0) is 0 Å². The standard InChI is InChI=1S/C21H45NO/c1-3-4-5-6-7-8-9-10-11-12-13-14-15-16-17-18-19-22-21(2)20-23/h21-23H,3-20H2,1-2H3. The molecule has 0 radical (unpaired) electrons. The molecule has 0 aromatic rings. The summed E-state index contributed by atoms with van der Waals surface area (Å²) in [5.74, 6) is 0. The van der Waals surface area contributed by atoms with Crippen LogP contribution >= 0.6 is 0 Å². The van der Waals surface area contributed by atoms with E-state index in [1.807, 2.05) is 6.92 Å². The van der Waals surface area contributed by atoms with Crippen LogP contribution in [0.25, 0.3) is 0 Å². The summed E-state index contributed by atoms with van der Waals surface area (Å²) in [5.41, 5.74) is 0. The molecule has 23 heavy (non-hydrogen) atoms. The van der Waals surface area contributed by atoms with E-state index in [2.05, 4.69) is 12.2 Å². The van der Waals surface area contributed by atoms with Crippen LogP contribution in [0.1, 0.15) is 117 Å². The molecule has 0 aliphatic rings. The third-order valence-corrected chi connectivity index (χ3v) is 4.80. The molecular formula is C21H45NO. The molecule has 1 atom stereocenters. The number of rotatable bonds is 19. The van der Waals surface area contributed by atoms with Crippen molar-refractivity contribution in [2.24, 2.45) is 0 Å². The third kappa shape index (κ3) is 19.9. The van der Waals surface area contributed by atoms with Gasteiger partial charge in [0.15, 0.2) is 0 Å². The molecule has 0 fully saturated rings. The summed E-state index contributed by atoms with van der Waals surface area (Å²) in [6, 6.07) is 0.256. The smallest absolute Gasteiger partial charge is 0.0581 e. The van der Waals surface area contributed by atoms with Gasteiger partial charge < -0.3 is 10.4 Å². The highest BCUT2D eigenvalue weighted by Gasteiger charge is 1.97. The lowest BCUT2D eigenvalue weighted by Gasteiger charge is -2.09. The Morgan fingerprint density at radius 3 is 1.30 bits per heavy atom. The second-order valence-corrected chi connectivity index (χ2v) is 7.34. The van der Waals surface area contributed by atoms with Crippen molar-refractivity contribution in [3.8, 4) is 0 Å². The number of hydrogen-bond acceptors (Lipinski definition) is 2. The van der Waals surface area contributed by atoms with Gasteiger partial charge in [-0.2, -0.15) is 0 Å². The summed E-state index contributed by atoms with van der Waals surface area (Å²) >= 11 is 0. The average molecular weight is 328 g/mol. The summed E-state index contributed by atoms with van der Waals surface area (Å²) < 4.78 is 0. The van der Waals surface area contributed by atoms with Gasteiger partial charge in [0.05, 0.1) is 6.61 Å². The van der Waals surface area contributed by atoms with E-state index in [1.54, 1.807) is 0 Å². The van der Waals surface area contributed by atoms with Crippen molar-refractivity contribution in [3.05, 3.63) is 0 Å². The van der Waals surface area contributed by atoms with Gasteiger partial charge >= 0.3 is 0 Å². The van der Waals surface area contributed by atoms with Crippen LogP contribution in [0.2, 0.25) is 0 Å². The van der Waals surface area contributed by atoms with Gasteiger partial charge in [-0.15, -0.1) is 0 Å². The highest BCUT2D eigenvalue weighted by molar-refractivity contribution is 4.57. The van der Waals surface area contributed by atoms with Crippen molar-refractivity contribution in [2.75, 3.05) is 13.2 Å². The molecule has 2 nitrogen and oxygen atoms in total. The minimum atomic E-state index is 0.249. The zero-order chi connectivity index (χ0) is 17.0. The van der Waals surface area contributed by atoms with Gasteiger partial charge in [-0.05, 0) is 19.9 Å². The number of unbranched alkanes of at least 4 members (excludes halogenated alkanes) is 15. The number of aliphatic hydroxyl groups excluding tert-OH is 1. The Bertz CT molecular complexity index is 208. The summed E-state index contributed by atoms with van der Waals surface area (Å²) in [5, 5.41) is 12.2. The normalized spacial score (nSPS) is 12.7. The fraction of sp³-hybridized carbons (Fsp3) is 1.00. The molecule has 0 spiro atoms. The summed E-state index contributed by atoms with van der Waals surface area (Å²) in [6.45, 7) is 5.63. The molecule has 0 aromatic carbocycles. The number of hydrogen-bond donors (Lipinski definition) is 2. The van der Waals surface area contributed by atoms with Gasteiger partial charge in [0.25, 0.3) is 0 Å². The molecule has 0 aliphatic carbocycles. The fourth-order valence-corrected chi connectivity index (χ4v) is 3.09. The van der Waals surface area contributed by atoms with Gasteiger partial charge in [-0.1, -0.05) is 103 Å². The number of aliphatic hydroxyl groups is 1. The van der Waals surface area contributed by atoms with Gasteiger partial charge in [0.1, 0.15) is 0 Å². The zero-order valence-corrected chi connectivity index (χ0v) is 16.3. The minimum absolute atomic E-state index is 0.249. The van der Waals surface area contributed by atoms with Crippen LogP contribution in [0.5, 0.6) is 0 Å². The van der Waals surface area contributed by atoms with E-state index in [4.69, 9.17) is 5.11 Å². The molecule has 0 amide bonds. The molecule has 2 heteroatoms. The largest absolute Gasteiger partial charge is 0.395 e. The Balaban J connectivity index is 2.97. The maximum atomic E-state index is 8.91. The second-order valence-electron chi connectivity index (χ2n) is 7.34. The van der Waals surface area contributed by atoms with E-state index in [1.165, 1.54) is 103 Å². The lowest BCUT2D eigenvalue weighted by atomic mass is 10.0. The highest BCUT2D eigenvalue weighted by atomic mass is 16.3. The maximum Gasteiger partial charge on any atom is 0.0581 e. The van der Waals surface area contributed by atoms with Crippen LogP contribution < -0.4 is 5.32 Å². The van der Waals surface area contributed by atoms with Crippen LogP contribution in [-0.4, -0.2) is 24.3 Å². The predicted octanol–water partition coefficient (Wildman–Crippen LogP) is 6.22. The average Bonchev–Trinajstić information content (AvgIpc) is 2.57. The van der Waals surface area contributed by atoms with E-state index in [0.29, 0.717) is 0 Å². The monoisotopic (exact) mass is 327 g/mol. The van der Waals surface area contributed by atoms with Crippen LogP contribution in [0, 0.1) is 0 Å². The van der Waals surface area contributed by atoms with E-state index >= 15 is 0 Å². The van der Waals surface area contributed by atoms with Crippen molar-refractivity contribution < 1.29 is 5.11 Å². The molecule has 1 unspecified atom stereocenters. The van der Waals surface area contributed by atoms with Crippen LogP contribution in [0.4, 0.5) is 0 Å². The number of nitrogens with one attached hydrogen (secondary N) is 1. The lowest BCUT2D eigenvalue weighted by molar-refractivity contribution is 0.251. The van der Waals surface area contributed by atoms with Gasteiger partial charge in [-0.25, -0.2) is 0 Å². The van der Waals surface area contributed by atoms with Crippen molar-refractivity contribution in [2.45, 2.75) is 123 Å². The lowest BCUT2D eigenvalue weighted by Crippen LogP contribution is -2.29. The molecular weight excluding hydrogens is 282 g/mol. The van der Waals surface area contributed by atoms with Gasteiger partial charge in [0, 0.05) is 6.04 Å². The predicted molar refractivity (Wildman–Crippen MR) is 104 cm³/mol. The van der Waals surface area contributed by atoms with Gasteiger partial charge in [-0.3, -0.25) is 0 Å². The van der Waals surface area contributed by atoms with E-state index in [-0.39, 0.29) is 12.6 Å². The molecule has 140 valence electrons. The first kappa shape index (κ1) is 22.9. The Hall–Kier alpha value is -0.0800. The van der Waals surface area contributed by atoms with Crippen LogP contribution in [0.15, 0.2) is 0 Å². The molecule has 0 saturated carbocycles. The topological polar surface area (TPSA) is 32.3 Å². The first-order valence-electron chi connectivity index (χ1n) is 10.7. The Labute approximate surface area is 146 Å². The molecule has 0 aliphatic heterocycles. The van der Waals surface area contributed by atoms with Crippen molar-refractivity contribution >= 4 is 0 Å². The van der Waals surface area contributed by atoms with Crippen molar-refractivity contribution in [1.82, 2.24) is 5.32 Å². The maximum absolute atomic E-state index is 8.91. The molecule has 0 heterocycles. The first-order chi connectivity index (χ1) is 11.3. The Kier molecular flexibility index (Phi) is 19.9. The Morgan fingerprint density at radius 2 is 0.957 bits per heavy atom. The first-order valence-corrected chi connectivity index (χ1v) is 10.7. The van der Waals surface area contributed by atoms with E-state index < -0.39 is 0 Å². The second kappa shape index (κ2) is 20.0. The van der Waals surface area contributed by atoms with E-state index in [9.17, 15) is 0 Å². The third-order valence-electron chi connectivity index (χ3n) is 4.80. The fourth-order valence-electron chi connectivity index (χ4n) is 3.09. The molecule has 0 saturated heterocycles. The molecule has 0 rings (SSSR count). The van der Waals surface area contributed by atoms with Crippen molar-refractivity contribution in [3.63, 3.8) is 0 Å². The highest BCUT2D eigenvalue weighted by Crippen LogP contribution is 2.13. The SMILES string of the molecule is CCCCCCCCCCCCCCCCCCNC(C)CO. The molecule has 0 bridgehead atoms. The molecule has 2 N–H and O–H groups in total. The quantitative estimate of drug-likeness (QED) is 0.276. The van der Waals surface area contributed by atoms with Crippen molar-refractivity contribution in [1.29, 1.82) is 0 Å². The summed E-state index contributed by atoms with van der Waals surface area (Å²) in [6.07, 6.45) is 22.7. The summed E-state index contributed by atoms with van der Waals surface area (Å²) in [4.78, 5) is 0. The zero-order valence-electron chi connectivity index (χ0n) is 16.3. The van der Waals surface area contributed by atoms with E-state index in [0.717, 1.165) is 6.54 Å². The van der Waals surface area contributed by atoms with Crippen LogP contribution in [0.3, 0.4) is 0 Å². The van der Waals surface area contributed by atoms with Gasteiger partial charge in [0.2, 0.25) is 0 Å².